The van der Waals surface area contributed by atoms with Gasteiger partial charge in [0.05, 0.1) is 5.69 Å². The van der Waals surface area contributed by atoms with Crippen LogP contribution in [0.25, 0.3) is 5.69 Å². The van der Waals surface area contributed by atoms with Crippen molar-refractivity contribution in [2.45, 2.75) is 27.1 Å². The third-order valence-corrected chi connectivity index (χ3v) is 4.89. The van der Waals surface area contributed by atoms with E-state index < -0.39 is 0 Å². The third kappa shape index (κ3) is 5.01. The van der Waals surface area contributed by atoms with Gasteiger partial charge in [-0.25, -0.2) is 9.36 Å². The van der Waals surface area contributed by atoms with Gasteiger partial charge in [0.25, 0.3) is 5.91 Å². The van der Waals surface area contributed by atoms with E-state index in [0.29, 0.717) is 12.2 Å². The monoisotopic (exact) mass is 415 g/mol. The molecule has 158 valence electrons. The Bertz CT molecular complexity index is 1140. The van der Waals surface area contributed by atoms with Crippen molar-refractivity contribution in [2.75, 3.05) is 7.05 Å². The quantitative estimate of drug-likeness (QED) is 0.458. The summed E-state index contributed by atoms with van der Waals surface area (Å²) in [5, 5.41) is 8.59. The van der Waals surface area contributed by atoms with Gasteiger partial charge in [0.1, 0.15) is 5.75 Å². The van der Waals surface area contributed by atoms with Gasteiger partial charge in [-0.15, -0.1) is 0 Å². The van der Waals surface area contributed by atoms with Crippen molar-refractivity contribution in [1.29, 1.82) is 0 Å². The van der Waals surface area contributed by atoms with Crippen LogP contribution in [0, 0.1) is 13.8 Å². The van der Waals surface area contributed by atoms with Crippen molar-refractivity contribution < 1.29 is 9.53 Å². The smallest absolute Gasteiger partial charge is 0.274 e. The highest BCUT2D eigenvalue weighted by Crippen LogP contribution is 2.17. The van der Waals surface area contributed by atoms with E-state index in [9.17, 15) is 4.79 Å². The molecule has 0 aliphatic heterocycles. The number of hydrogen-bond donors (Lipinski definition) is 0. The Morgan fingerprint density at radius 1 is 1.03 bits per heavy atom. The Kier molecular flexibility index (Phi) is 5.84. The molecule has 7 heteroatoms. The first-order valence-corrected chi connectivity index (χ1v) is 10.1. The summed E-state index contributed by atoms with van der Waals surface area (Å²) in [6, 6.07) is 17.6. The number of carbonyl (C=O) groups excluding carboxylic acids is 1. The second kappa shape index (κ2) is 8.87. The molecule has 2 heterocycles. The molecule has 0 aliphatic rings. The summed E-state index contributed by atoms with van der Waals surface area (Å²) in [4.78, 5) is 14.4. The lowest BCUT2D eigenvalue weighted by atomic mass is 10.1. The molecule has 4 rings (SSSR count). The number of nitrogens with zero attached hydrogens (tertiary/aromatic N) is 5. The van der Waals surface area contributed by atoms with E-state index >= 15 is 0 Å². The number of carbonyl (C=O) groups is 1. The standard InChI is InChI=1S/C24H25N5O2/c1-18-13-19(2)15-22(14-18)31-17-28-12-9-23(26-28)24(30)27(3)16-20-5-7-21(8-6-20)29-11-4-10-25-29/h4-15H,16-17H2,1-3H3. The predicted octanol–water partition coefficient (Wildman–Crippen LogP) is 3.99. The van der Waals surface area contributed by atoms with Gasteiger partial charge < -0.3 is 9.64 Å². The first-order valence-electron chi connectivity index (χ1n) is 10.1. The Labute approximate surface area is 181 Å². The van der Waals surface area contributed by atoms with E-state index in [0.717, 1.165) is 28.1 Å². The van der Waals surface area contributed by atoms with Crippen LogP contribution in [-0.4, -0.2) is 37.4 Å². The second-order valence-corrected chi connectivity index (χ2v) is 7.62. The van der Waals surface area contributed by atoms with Gasteiger partial charge in [-0.1, -0.05) is 18.2 Å². The summed E-state index contributed by atoms with van der Waals surface area (Å²) in [7, 11) is 1.77. The van der Waals surface area contributed by atoms with Crippen molar-refractivity contribution in [3.8, 4) is 11.4 Å². The van der Waals surface area contributed by atoms with Crippen LogP contribution < -0.4 is 4.74 Å². The number of ether oxygens (including phenoxy) is 1. The normalized spacial score (nSPS) is 10.8. The SMILES string of the molecule is Cc1cc(C)cc(OCn2ccc(C(=O)N(C)Cc3ccc(-n4cccn4)cc3)n2)c1. The summed E-state index contributed by atoms with van der Waals surface area (Å²) in [5.74, 6) is 0.651. The molecule has 0 atom stereocenters. The molecule has 0 bridgehead atoms. The van der Waals surface area contributed by atoms with Crippen LogP contribution in [0.3, 0.4) is 0 Å². The zero-order valence-corrected chi connectivity index (χ0v) is 17.9. The van der Waals surface area contributed by atoms with E-state index in [1.54, 1.807) is 39.8 Å². The Morgan fingerprint density at radius 2 is 1.77 bits per heavy atom. The van der Waals surface area contributed by atoms with E-state index in [1.165, 1.54) is 0 Å². The fourth-order valence-electron chi connectivity index (χ4n) is 3.42. The Balaban J connectivity index is 1.35. The average molecular weight is 415 g/mol. The molecule has 0 aliphatic carbocycles. The van der Waals surface area contributed by atoms with Crippen molar-refractivity contribution in [2.24, 2.45) is 0 Å². The molecule has 0 N–H and O–H groups in total. The topological polar surface area (TPSA) is 65.2 Å². The van der Waals surface area contributed by atoms with Crippen LogP contribution in [0.1, 0.15) is 27.2 Å². The second-order valence-electron chi connectivity index (χ2n) is 7.62. The van der Waals surface area contributed by atoms with Crippen LogP contribution in [0.2, 0.25) is 0 Å². The van der Waals surface area contributed by atoms with Crippen LogP contribution in [0.4, 0.5) is 0 Å². The maximum atomic E-state index is 12.8. The molecule has 0 fully saturated rings. The molecule has 7 nitrogen and oxygen atoms in total. The van der Waals surface area contributed by atoms with Crippen molar-refractivity contribution in [3.05, 3.63) is 95.6 Å². The van der Waals surface area contributed by atoms with Crippen molar-refractivity contribution in [3.63, 3.8) is 0 Å². The average Bonchev–Trinajstić information content (AvgIpc) is 3.44. The molecular formula is C24H25N5O2. The fourth-order valence-corrected chi connectivity index (χ4v) is 3.42. The number of hydrogen-bond acceptors (Lipinski definition) is 4. The number of rotatable bonds is 7. The van der Waals surface area contributed by atoms with Crippen molar-refractivity contribution >= 4 is 5.91 Å². The van der Waals surface area contributed by atoms with Gasteiger partial charge in [-0.2, -0.15) is 10.2 Å². The molecule has 0 saturated heterocycles. The minimum atomic E-state index is -0.138. The van der Waals surface area contributed by atoms with Gasteiger partial charge in [0.15, 0.2) is 12.4 Å². The third-order valence-electron chi connectivity index (χ3n) is 4.89. The lowest BCUT2D eigenvalue weighted by molar-refractivity contribution is 0.0777. The molecule has 1 amide bonds. The first kappa shape index (κ1) is 20.4. The number of amides is 1. The fraction of sp³-hybridized carbons (Fsp3) is 0.208. The highest BCUT2D eigenvalue weighted by molar-refractivity contribution is 5.91. The van der Waals surface area contributed by atoms with E-state index in [4.69, 9.17) is 4.74 Å². The summed E-state index contributed by atoms with van der Waals surface area (Å²) in [5.41, 5.74) is 4.69. The minimum absolute atomic E-state index is 0.138. The maximum Gasteiger partial charge on any atom is 0.274 e. The van der Waals surface area contributed by atoms with Gasteiger partial charge in [-0.05, 0) is 66.9 Å². The van der Waals surface area contributed by atoms with Gasteiger partial charge in [0, 0.05) is 32.2 Å². The zero-order valence-electron chi connectivity index (χ0n) is 17.9. The predicted molar refractivity (Wildman–Crippen MR) is 118 cm³/mol. The first-order chi connectivity index (χ1) is 15.0. The summed E-state index contributed by atoms with van der Waals surface area (Å²) >= 11 is 0. The highest BCUT2D eigenvalue weighted by atomic mass is 16.5. The molecule has 0 unspecified atom stereocenters. The van der Waals surface area contributed by atoms with Crippen LogP contribution in [-0.2, 0) is 13.3 Å². The lowest BCUT2D eigenvalue weighted by Gasteiger charge is -2.16. The summed E-state index contributed by atoms with van der Waals surface area (Å²) in [6.07, 6.45) is 5.39. The largest absolute Gasteiger partial charge is 0.471 e. The molecular weight excluding hydrogens is 390 g/mol. The molecule has 0 spiro atoms. The molecule has 0 saturated carbocycles. The van der Waals surface area contributed by atoms with Crippen LogP contribution >= 0.6 is 0 Å². The van der Waals surface area contributed by atoms with Crippen LogP contribution in [0.5, 0.6) is 5.75 Å². The Hall–Kier alpha value is -3.87. The maximum absolute atomic E-state index is 12.8. The van der Waals surface area contributed by atoms with Gasteiger partial charge in [0.2, 0.25) is 0 Å². The zero-order chi connectivity index (χ0) is 21.8. The van der Waals surface area contributed by atoms with E-state index in [-0.39, 0.29) is 12.6 Å². The number of aryl methyl sites for hydroxylation is 2. The summed E-state index contributed by atoms with van der Waals surface area (Å²) in [6.45, 7) is 4.80. The Morgan fingerprint density at radius 3 is 2.45 bits per heavy atom. The van der Waals surface area contributed by atoms with Crippen molar-refractivity contribution in [1.82, 2.24) is 24.5 Å². The molecule has 2 aromatic heterocycles. The summed E-state index contributed by atoms with van der Waals surface area (Å²) < 4.78 is 9.23. The number of aromatic nitrogens is 4. The molecule has 2 aromatic carbocycles. The molecule has 4 aromatic rings. The number of benzene rings is 2. The highest BCUT2D eigenvalue weighted by Gasteiger charge is 2.15. The minimum Gasteiger partial charge on any atom is -0.471 e. The van der Waals surface area contributed by atoms with Gasteiger partial charge >= 0.3 is 0 Å². The van der Waals surface area contributed by atoms with Gasteiger partial charge in [-0.3, -0.25) is 4.79 Å². The van der Waals surface area contributed by atoms with E-state index in [2.05, 4.69) is 16.3 Å². The molecule has 0 radical (unpaired) electrons. The van der Waals surface area contributed by atoms with Crippen LogP contribution in [0.15, 0.2) is 73.2 Å². The van der Waals surface area contributed by atoms with E-state index in [1.807, 2.05) is 62.5 Å². The molecule has 31 heavy (non-hydrogen) atoms. The lowest BCUT2D eigenvalue weighted by Crippen LogP contribution is -2.26.